The number of pyridine rings is 1. The van der Waals surface area contributed by atoms with Crippen LogP contribution in [0.25, 0.3) is 17.2 Å². The van der Waals surface area contributed by atoms with Gasteiger partial charge in [0.15, 0.2) is 5.82 Å². The predicted octanol–water partition coefficient (Wildman–Crippen LogP) is 2.01. The molecule has 1 aliphatic heterocycles. The normalized spacial score (nSPS) is 17.7. The number of nitrogens with zero attached hydrogens (tertiary/aromatic N) is 5. The summed E-state index contributed by atoms with van der Waals surface area (Å²) in [7, 11) is 0. The van der Waals surface area contributed by atoms with Gasteiger partial charge in [0.1, 0.15) is 0 Å². The summed E-state index contributed by atoms with van der Waals surface area (Å²) in [6.07, 6.45) is 2.80. The van der Waals surface area contributed by atoms with Gasteiger partial charge in [0.25, 0.3) is 0 Å². The highest BCUT2D eigenvalue weighted by Crippen LogP contribution is 2.24. The average Bonchev–Trinajstić information content (AvgIpc) is 3.27. The van der Waals surface area contributed by atoms with Crippen LogP contribution in [0.2, 0.25) is 0 Å². The Kier molecular flexibility index (Phi) is 3.42. The van der Waals surface area contributed by atoms with Crippen molar-refractivity contribution in [3.8, 4) is 17.2 Å². The summed E-state index contributed by atoms with van der Waals surface area (Å²) < 4.78 is 7.22. The molecule has 0 spiro atoms. The zero-order valence-corrected chi connectivity index (χ0v) is 13.2. The molecule has 23 heavy (non-hydrogen) atoms. The maximum Gasteiger partial charge on any atom is 0.231 e. The smallest absolute Gasteiger partial charge is 0.231 e. The second-order valence-electron chi connectivity index (χ2n) is 5.89. The van der Waals surface area contributed by atoms with Crippen molar-refractivity contribution in [3.05, 3.63) is 41.7 Å². The van der Waals surface area contributed by atoms with Crippen molar-refractivity contribution in [2.45, 2.75) is 26.2 Å². The van der Waals surface area contributed by atoms with Crippen molar-refractivity contribution in [1.82, 2.24) is 30.2 Å². The van der Waals surface area contributed by atoms with Crippen molar-refractivity contribution >= 4 is 0 Å². The van der Waals surface area contributed by atoms with Crippen LogP contribution in [0.5, 0.6) is 0 Å². The molecule has 0 radical (unpaired) electrons. The molecule has 1 saturated heterocycles. The minimum absolute atomic E-state index is 0.318. The summed E-state index contributed by atoms with van der Waals surface area (Å²) in [5, 5.41) is 11.8. The molecule has 0 bridgehead atoms. The second kappa shape index (κ2) is 5.58. The van der Waals surface area contributed by atoms with E-state index in [1.54, 1.807) is 6.20 Å². The quantitative estimate of drug-likeness (QED) is 0.797. The maximum absolute atomic E-state index is 5.39. The van der Waals surface area contributed by atoms with E-state index >= 15 is 0 Å². The van der Waals surface area contributed by atoms with E-state index in [-0.39, 0.29) is 0 Å². The SMILES string of the molecule is Cc1cc(C)n(-c2ccc(-c3noc([C@@H]4CCNC4)n3)cn2)n1. The number of aryl methyl sites for hydroxylation is 2. The highest BCUT2D eigenvalue weighted by molar-refractivity contribution is 5.53. The first-order valence-electron chi connectivity index (χ1n) is 7.75. The third-order valence-electron chi connectivity index (χ3n) is 4.08. The van der Waals surface area contributed by atoms with Crippen LogP contribution in [0.3, 0.4) is 0 Å². The Morgan fingerprint density at radius 2 is 2.22 bits per heavy atom. The van der Waals surface area contributed by atoms with Crippen molar-refractivity contribution in [2.75, 3.05) is 13.1 Å². The molecule has 0 aliphatic carbocycles. The third kappa shape index (κ3) is 2.63. The summed E-state index contributed by atoms with van der Waals surface area (Å²) >= 11 is 0. The van der Waals surface area contributed by atoms with Gasteiger partial charge in [-0.05, 0) is 45.0 Å². The second-order valence-corrected chi connectivity index (χ2v) is 5.89. The van der Waals surface area contributed by atoms with Gasteiger partial charge in [-0.3, -0.25) is 0 Å². The lowest BCUT2D eigenvalue weighted by Crippen LogP contribution is -2.08. The first-order valence-corrected chi connectivity index (χ1v) is 7.75. The highest BCUT2D eigenvalue weighted by atomic mass is 16.5. The van der Waals surface area contributed by atoms with Gasteiger partial charge in [0.05, 0.1) is 11.6 Å². The molecular weight excluding hydrogens is 292 g/mol. The molecule has 1 aliphatic rings. The molecule has 4 heterocycles. The molecule has 1 atom stereocenters. The summed E-state index contributed by atoms with van der Waals surface area (Å²) in [6, 6.07) is 5.89. The summed E-state index contributed by atoms with van der Waals surface area (Å²) in [5.41, 5.74) is 2.87. The minimum Gasteiger partial charge on any atom is -0.339 e. The molecule has 0 unspecified atom stereocenters. The molecule has 3 aromatic heterocycles. The topological polar surface area (TPSA) is 81.7 Å². The van der Waals surface area contributed by atoms with Crippen molar-refractivity contribution in [2.24, 2.45) is 0 Å². The Balaban J connectivity index is 1.59. The van der Waals surface area contributed by atoms with Crippen LogP contribution >= 0.6 is 0 Å². The molecule has 1 fully saturated rings. The number of hydrogen-bond donors (Lipinski definition) is 1. The lowest BCUT2D eigenvalue weighted by atomic mass is 10.1. The van der Waals surface area contributed by atoms with Gasteiger partial charge >= 0.3 is 0 Å². The summed E-state index contributed by atoms with van der Waals surface area (Å²) in [5.74, 6) is 2.38. The Morgan fingerprint density at radius 1 is 1.30 bits per heavy atom. The molecule has 4 rings (SSSR count). The number of hydrogen-bond acceptors (Lipinski definition) is 6. The van der Waals surface area contributed by atoms with E-state index in [0.29, 0.717) is 17.6 Å². The first kappa shape index (κ1) is 14.1. The number of aromatic nitrogens is 5. The van der Waals surface area contributed by atoms with Crippen LogP contribution < -0.4 is 5.32 Å². The van der Waals surface area contributed by atoms with E-state index in [1.807, 2.05) is 36.7 Å². The molecule has 0 aromatic carbocycles. The molecule has 7 nitrogen and oxygen atoms in total. The van der Waals surface area contributed by atoms with E-state index in [0.717, 1.165) is 42.3 Å². The van der Waals surface area contributed by atoms with Crippen LogP contribution in [-0.4, -0.2) is 38.0 Å². The number of rotatable bonds is 3. The predicted molar refractivity (Wildman–Crippen MR) is 84.4 cm³/mol. The highest BCUT2D eigenvalue weighted by Gasteiger charge is 2.23. The van der Waals surface area contributed by atoms with Gasteiger partial charge in [0, 0.05) is 24.0 Å². The molecule has 7 heteroatoms. The van der Waals surface area contributed by atoms with Gasteiger partial charge in [-0.15, -0.1) is 0 Å². The first-order chi connectivity index (χ1) is 11.2. The van der Waals surface area contributed by atoms with Crippen LogP contribution in [0.15, 0.2) is 28.9 Å². The molecule has 118 valence electrons. The largest absolute Gasteiger partial charge is 0.339 e. The standard InChI is InChI=1S/C16H18N6O/c1-10-7-11(2)22(20-10)14-4-3-12(9-18-14)15-19-16(23-21-15)13-5-6-17-8-13/h3-4,7,9,13,17H,5-6,8H2,1-2H3/t13-/m1/s1. The molecule has 3 aromatic rings. The Bertz CT molecular complexity index is 813. The van der Waals surface area contributed by atoms with Gasteiger partial charge in [-0.25, -0.2) is 9.67 Å². The Labute approximate surface area is 133 Å². The monoisotopic (exact) mass is 310 g/mol. The number of nitrogens with one attached hydrogen (secondary N) is 1. The van der Waals surface area contributed by atoms with Crippen molar-refractivity contribution in [3.63, 3.8) is 0 Å². The zero-order chi connectivity index (χ0) is 15.8. The van der Waals surface area contributed by atoms with Gasteiger partial charge in [-0.1, -0.05) is 5.16 Å². The van der Waals surface area contributed by atoms with Crippen LogP contribution in [-0.2, 0) is 0 Å². The fraction of sp³-hybridized carbons (Fsp3) is 0.375. The lowest BCUT2D eigenvalue weighted by Gasteiger charge is -2.03. The van der Waals surface area contributed by atoms with E-state index < -0.39 is 0 Å². The van der Waals surface area contributed by atoms with Crippen LogP contribution in [0.1, 0.15) is 29.6 Å². The third-order valence-corrected chi connectivity index (χ3v) is 4.08. The van der Waals surface area contributed by atoms with Crippen LogP contribution in [0, 0.1) is 13.8 Å². The minimum atomic E-state index is 0.318. The molecule has 0 amide bonds. The Morgan fingerprint density at radius 3 is 2.87 bits per heavy atom. The fourth-order valence-corrected chi connectivity index (χ4v) is 2.89. The molecule has 0 saturated carbocycles. The van der Waals surface area contributed by atoms with Crippen LogP contribution in [0.4, 0.5) is 0 Å². The van der Waals surface area contributed by atoms with Crippen molar-refractivity contribution < 1.29 is 4.52 Å². The van der Waals surface area contributed by atoms with Gasteiger partial charge in [-0.2, -0.15) is 10.1 Å². The van der Waals surface area contributed by atoms with Gasteiger partial charge < -0.3 is 9.84 Å². The van der Waals surface area contributed by atoms with E-state index in [4.69, 9.17) is 4.52 Å². The zero-order valence-electron chi connectivity index (χ0n) is 13.2. The van der Waals surface area contributed by atoms with E-state index in [2.05, 4.69) is 25.5 Å². The van der Waals surface area contributed by atoms with E-state index in [1.165, 1.54) is 0 Å². The Hall–Kier alpha value is -2.54. The lowest BCUT2D eigenvalue weighted by molar-refractivity contribution is 0.359. The summed E-state index contributed by atoms with van der Waals surface area (Å²) in [6.45, 7) is 5.88. The van der Waals surface area contributed by atoms with Gasteiger partial charge in [0.2, 0.25) is 11.7 Å². The maximum atomic E-state index is 5.39. The fourth-order valence-electron chi connectivity index (χ4n) is 2.89. The molecular formula is C16H18N6O. The van der Waals surface area contributed by atoms with E-state index in [9.17, 15) is 0 Å². The summed E-state index contributed by atoms with van der Waals surface area (Å²) in [4.78, 5) is 8.98. The average molecular weight is 310 g/mol. The molecule has 1 N–H and O–H groups in total. The van der Waals surface area contributed by atoms with Crippen molar-refractivity contribution in [1.29, 1.82) is 0 Å².